The second-order valence-corrected chi connectivity index (χ2v) is 5.93. The molecule has 0 aliphatic heterocycles. The molecular formula is C14H27N3S. The zero-order valence-corrected chi connectivity index (χ0v) is 13.0. The first-order valence-corrected chi connectivity index (χ1v) is 8.19. The normalized spacial score (nSPS) is 13.2. The first-order chi connectivity index (χ1) is 8.74. The Hall–Kier alpha value is -0.480. The lowest BCUT2D eigenvalue weighted by molar-refractivity contribution is 0.424. The Labute approximate surface area is 116 Å². The van der Waals surface area contributed by atoms with Crippen LogP contribution in [0.15, 0.2) is 12.3 Å². The molecule has 0 aromatic carbocycles. The van der Waals surface area contributed by atoms with E-state index in [4.69, 9.17) is 5.10 Å². The molecule has 1 unspecified atom stereocenters. The predicted molar refractivity (Wildman–Crippen MR) is 81.4 cm³/mol. The van der Waals surface area contributed by atoms with Crippen LogP contribution in [-0.2, 0) is 6.42 Å². The molecule has 1 atom stereocenters. The molecule has 1 N–H and O–H groups in total. The first kappa shape index (κ1) is 15.6. The molecule has 18 heavy (non-hydrogen) atoms. The molecule has 0 bridgehead atoms. The average molecular weight is 269 g/mol. The van der Waals surface area contributed by atoms with Crippen LogP contribution < -0.4 is 5.32 Å². The lowest BCUT2D eigenvalue weighted by Crippen LogP contribution is -2.30. The second-order valence-electron chi connectivity index (χ2n) is 4.61. The van der Waals surface area contributed by atoms with Gasteiger partial charge < -0.3 is 5.32 Å². The van der Waals surface area contributed by atoms with Crippen LogP contribution in [0.5, 0.6) is 0 Å². The summed E-state index contributed by atoms with van der Waals surface area (Å²) in [5.74, 6) is 2.34. The van der Waals surface area contributed by atoms with Crippen molar-refractivity contribution in [1.29, 1.82) is 0 Å². The highest BCUT2D eigenvalue weighted by Gasteiger charge is 2.11. The van der Waals surface area contributed by atoms with Gasteiger partial charge in [0.2, 0.25) is 0 Å². The van der Waals surface area contributed by atoms with Crippen LogP contribution >= 0.6 is 11.8 Å². The topological polar surface area (TPSA) is 29.9 Å². The summed E-state index contributed by atoms with van der Waals surface area (Å²) in [5.41, 5.74) is 1.21. The largest absolute Gasteiger partial charge is 0.316 e. The molecule has 4 heteroatoms. The minimum Gasteiger partial charge on any atom is -0.316 e. The SMILES string of the molecule is CCSCC(Cc1ccn(C(CC)CC)n1)NC. The van der Waals surface area contributed by atoms with Crippen LogP contribution in [0.4, 0.5) is 0 Å². The van der Waals surface area contributed by atoms with Crippen molar-refractivity contribution in [3.05, 3.63) is 18.0 Å². The van der Waals surface area contributed by atoms with Gasteiger partial charge in [-0.15, -0.1) is 0 Å². The average Bonchev–Trinajstić information content (AvgIpc) is 2.84. The van der Waals surface area contributed by atoms with Gasteiger partial charge in [-0.1, -0.05) is 20.8 Å². The number of nitrogens with one attached hydrogen (secondary N) is 1. The highest BCUT2D eigenvalue weighted by Crippen LogP contribution is 2.15. The Balaban J connectivity index is 2.56. The van der Waals surface area contributed by atoms with Crippen LogP contribution in [-0.4, -0.2) is 34.4 Å². The third-order valence-electron chi connectivity index (χ3n) is 3.37. The van der Waals surface area contributed by atoms with E-state index in [1.165, 1.54) is 11.4 Å². The summed E-state index contributed by atoms with van der Waals surface area (Å²) < 4.78 is 2.13. The summed E-state index contributed by atoms with van der Waals surface area (Å²) in [6.07, 6.45) is 5.46. The van der Waals surface area contributed by atoms with E-state index in [1.54, 1.807) is 0 Å². The molecule has 0 spiro atoms. The molecular weight excluding hydrogens is 242 g/mol. The minimum atomic E-state index is 0.528. The van der Waals surface area contributed by atoms with Crippen LogP contribution in [0.25, 0.3) is 0 Å². The van der Waals surface area contributed by atoms with Gasteiger partial charge >= 0.3 is 0 Å². The zero-order chi connectivity index (χ0) is 13.4. The number of rotatable bonds is 9. The molecule has 0 fully saturated rings. The summed E-state index contributed by atoms with van der Waals surface area (Å²) in [6, 6.07) is 3.25. The molecule has 0 amide bonds. The van der Waals surface area contributed by atoms with Gasteiger partial charge in [-0.25, -0.2) is 0 Å². The van der Waals surface area contributed by atoms with Crippen molar-refractivity contribution < 1.29 is 0 Å². The summed E-state index contributed by atoms with van der Waals surface area (Å²) in [4.78, 5) is 0. The molecule has 3 nitrogen and oxygen atoms in total. The van der Waals surface area contributed by atoms with Gasteiger partial charge in [-0.05, 0) is 31.7 Å². The third kappa shape index (κ3) is 4.65. The molecule has 1 heterocycles. The van der Waals surface area contributed by atoms with Crippen LogP contribution in [0.1, 0.15) is 45.3 Å². The quantitative estimate of drug-likeness (QED) is 0.747. The molecule has 1 aromatic rings. The van der Waals surface area contributed by atoms with Gasteiger partial charge in [0.05, 0.1) is 11.7 Å². The molecule has 0 aliphatic carbocycles. The Bertz CT molecular complexity index is 321. The Morgan fingerprint density at radius 2 is 2.06 bits per heavy atom. The van der Waals surface area contributed by atoms with Crippen molar-refractivity contribution in [1.82, 2.24) is 15.1 Å². The molecule has 0 saturated heterocycles. The third-order valence-corrected chi connectivity index (χ3v) is 4.41. The molecule has 1 rings (SSSR count). The number of likely N-dealkylation sites (N-methyl/N-ethyl adjacent to an activating group) is 1. The number of nitrogens with zero attached hydrogens (tertiary/aromatic N) is 2. The van der Waals surface area contributed by atoms with E-state index in [0.717, 1.165) is 25.0 Å². The van der Waals surface area contributed by atoms with Gasteiger partial charge in [-0.3, -0.25) is 4.68 Å². The number of aromatic nitrogens is 2. The molecule has 0 aliphatic rings. The van der Waals surface area contributed by atoms with E-state index >= 15 is 0 Å². The fourth-order valence-electron chi connectivity index (χ4n) is 2.11. The van der Waals surface area contributed by atoms with E-state index in [0.29, 0.717) is 12.1 Å². The second kappa shape index (κ2) is 8.59. The van der Waals surface area contributed by atoms with E-state index in [1.807, 2.05) is 18.8 Å². The summed E-state index contributed by atoms with van der Waals surface area (Å²) in [5, 5.41) is 8.10. The number of hydrogen-bond acceptors (Lipinski definition) is 3. The Kier molecular flexibility index (Phi) is 7.44. The van der Waals surface area contributed by atoms with Gasteiger partial charge in [0.1, 0.15) is 0 Å². The van der Waals surface area contributed by atoms with Crippen molar-refractivity contribution in [3.63, 3.8) is 0 Å². The maximum atomic E-state index is 4.72. The van der Waals surface area contributed by atoms with E-state index in [-0.39, 0.29) is 0 Å². The Morgan fingerprint density at radius 1 is 1.33 bits per heavy atom. The lowest BCUT2D eigenvalue weighted by atomic mass is 10.2. The molecule has 0 radical (unpaired) electrons. The van der Waals surface area contributed by atoms with Crippen molar-refractivity contribution in [2.45, 2.75) is 52.1 Å². The van der Waals surface area contributed by atoms with Gasteiger partial charge in [0.25, 0.3) is 0 Å². The van der Waals surface area contributed by atoms with E-state index in [2.05, 4.69) is 43.0 Å². The molecule has 104 valence electrons. The monoisotopic (exact) mass is 269 g/mol. The molecule has 0 saturated carbocycles. The van der Waals surface area contributed by atoms with Crippen molar-refractivity contribution >= 4 is 11.8 Å². The highest BCUT2D eigenvalue weighted by molar-refractivity contribution is 7.99. The first-order valence-electron chi connectivity index (χ1n) is 7.04. The summed E-state index contributed by atoms with van der Waals surface area (Å²) >= 11 is 1.99. The lowest BCUT2D eigenvalue weighted by Gasteiger charge is -2.15. The highest BCUT2D eigenvalue weighted by atomic mass is 32.2. The number of thioether (sulfide) groups is 1. The summed E-state index contributed by atoms with van der Waals surface area (Å²) in [7, 11) is 2.04. The maximum absolute atomic E-state index is 4.72. The van der Waals surface area contributed by atoms with Gasteiger partial charge in [0.15, 0.2) is 0 Å². The van der Waals surface area contributed by atoms with Crippen molar-refractivity contribution in [2.75, 3.05) is 18.6 Å². The number of hydrogen-bond donors (Lipinski definition) is 1. The summed E-state index contributed by atoms with van der Waals surface area (Å²) in [6.45, 7) is 6.66. The minimum absolute atomic E-state index is 0.528. The van der Waals surface area contributed by atoms with Crippen LogP contribution in [0, 0.1) is 0 Å². The Morgan fingerprint density at radius 3 is 2.61 bits per heavy atom. The van der Waals surface area contributed by atoms with Crippen molar-refractivity contribution in [3.8, 4) is 0 Å². The van der Waals surface area contributed by atoms with Crippen LogP contribution in [0.3, 0.4) is 0 Å². The predicted octanol–water partition coefficient (Wildman–Crippen LogP) is 3.13. The van der Waals surface area contributed by atoms with E-state index in [9.17, 15) is 0 Å². The van der Waals surface area contributed by atoms with Gasteiger partial charge in [-0.2, -0.15) is 16.9 Å². The maximum Gasteiger partial charge on any atom is 0.0640 e. The standard InChI is InChI=1S/C14H27N3S/c1-5-14(6-2)17-9-8-12(16-17)10-13(15-4)11-18-7-3/h8-9,13-15H,5-7,10-11H2,1-4H3. The fourth-order valence-corrected chi connectivity index (χ4v) is 2.91. The van der Waals surface area contributed by atoms with E-state index < -0.39 is 0 Å². The van der Waals surface area contributed by atoms with Crippen LogP contribution in [0.2, 0.25) is 0 Å². The zero-order valence-electron chi connectivity index (χ0n) is 12.1. The van der Waals surface area contributed by atoms with Gasteiger partial charge in [0, 0.05) is 24.4 Å². The van der Waals surface area contributed by atoms with Crippen molar-refractivity contribution in [2.24, 2.45) is 0 Å². The smallest absolute Gasteiger partial charge is 0.0640 e. The molecule has 1 aromatic heterocycles. The fraction of sp³-hybridized carbons (Fsp3) is 0.786.